The zero-order valence-corrected chi connectivity index (χ0v) is 21.8. The number of hydrogen-bond donors (Lipinski definition) is 2. The van der Waals surface area contributed by atoms with E-state index in [0.717, 1.165) is 16.1 Å². The van der Waals surface area contributed by atoms with Crippen LogP contribution < -0.4 is 14.3 Å². The van der Waals surface area contributed by atoms with Gasteiger partial charge >= 0.3 is 0 Å². The van der Waals surface area contributed by atoms with E-state index in [1.165, 1.54) is 24.3 Å². The molecule has 3 rings (SSSR count). The molecular formula is C24H26ClN3O5S2. The van der Waals surface area contributed by atoms with Gasteiger partial charge in [0.25, 0.3) is 10.0 Å². The van der Waals surface area contributed by atoms with Crippen LogP contribution in [0.15, 0.2) is 71.6 Å². The van der Waals surface area contributed by atoms with Crippen molar-refractivity contribution in [2.45, 2.75) is 25.2 Å². The number of carbonyl (C=O) groups excluding carboxylic acids is 1. The number of nitrogens with one attached hydrogen (secondary N) is 2. The average Bonchev–Trinajstić information content (AvgIpc) is 2.80. The maximum atomic E-state index is 12.8. The molecule has 11 heteroatoms. The quantitative estimate of drug-likeness (QED) is 0.421. The first-order chi connectivity index (χ1) is 16.4. The summed E-state index contributed by atoms with van der Waals surface area (Å²) in [4.78, 5) is 12.7. The first-order valence-electron chi connectivity index (χ1n) is 10.7. The lowest BCUT2D eigenvalue weighted by Gasteiger charge is -2.24. The van der Waals surface area contributed by atoms with E-state index < -0.39 is 32.5 Å². The monoisotopic (exact) mass is 535 g/mol. The Balaban J connectivity index is 1.75. The number of carbonyl (C=O) groups is 1. The highest BCUT2D eigenvalue weighted by molar-refractivity contribution is 7.92. The number of amides is 1. The number of nitrogens with zero attached hydrogens (tertiary/aromatic N) is 1. The van der Waals surface area contributed by atoms with Crippen LogP contribution in [0.3, 0.4) is 0 Å². The minimum absolute atomic E-state index is 0.00971. The van der Waals surface area contributed by atoms with Crippen LogP contribution in [0.25, 0.3) is 0 Å². The molecule has 0 aliphatic carbocycles. The van der Waals surface area contributed by atoms with Crippen molar-refractivity contribution < 1.29 is 21.6 Å². The van der Waals surface area contributed by atoms with E-state index in [2.05, 4.69) is 10.0 Å². The Bertz CT molecular complexity index is 1440. The fourth-order valence-electron chi connectivity index (χ4n) is 3.40. The second kappa shape index (κ2) is 10.7. The van der Waals surface area contributed by atoms with Crippen molar-refractivity contribution in [3.05, 3.63) is 82.9 Å². The molecule has 0 heterocycles. The fraction of sp³-hybridized carbons (Fsp3) is 0.208. The summed E-state index contributed by atoms with van der Waals surface area (Å²) in [5, 5.41) is 3.06. The molecule has 8 nitrogen and oxygen atoms in total. The standard InChI is InChI=1S/C24H26ClN3O5S2/c1-4-18-8-5-6-11-23(18)28(34(3,30)31)16-24(29)26-19-12-14-20(15-13-19)35(32,33)27-22-10-7-9-21(25)17(22)2/h5-15,27H,4,16H2,1-3H3,(H,26,29). The van der Waals surface area contributed by atoms with Crippen LogP contribution >= 0.6 is 11.6 Å². The lowest BCUT2D eigenvalue weighted by Crippen LogP contribution is -2.38. The molecule has 3 aromatic carbocycles. The predicted octanol–water partition coefficient (Wildman–Crippen LogP) is 4.42. The summed E-state index contributed by atoms with van der Waals surface area (Å²) in [6, 6.07) is 17.5. The summed E-state index contributed by atoms with van der Waals surface area (Å²) in [6.45, 7) is 3.18. The minimum atomic E-state index is -3.89. The van der Waals surface area contributed by atoms with Gasteiger partial charge in [0, 0.05) is 10.7 Å². The third kappa shape index (κ3) is 6.53. The van der Waals surface area contributed by atoms with Crippen molar-refractivity contribution in [2.24, 2.45) is 0 Å². The highest BCUT2D eigenvalue weighted by atomic mass is 35.5. The van der Waals surface area contributed by atoms with E-state index in [1.807, 2.05) is 13.0 Å². The largest absolute Gasteiger partial charge is 0.325 e. The molecule has 0 bridgehead atoms. The molecule has 0 saturated carbocycles. The average molecular weight is 536 g/mol. The molecule has 0 atom stereocenters. The molecular weight excluding hydrogens is 510 g/mol. The zero-order chi connectivity index (χ0) is 25.8. The van der Waals surface area contributed by atoms with Gasteiger partial charge in [-0.3, -0.25) is 13.8 Å². The summed E-state index contributed by atoms with van der Waals surface area (Å²) < 4.78 is 53.9. The van der Waals surface area contributed by atoms with Crippen LogP contribution in [0.5, 0.6) is 0 Å². The summed E-state index contributed by atoms with van der Waals surface area (Å²) in [5.41, 5.74) is 2.52. The van der Waals surface area contributed by atoms with Gasteiger partial charge in [0.2, 0.25) is 15.9 Å². The molecule has 35 heavy (non-hydrogen) atoms. The Morgan fingerprint density at radius 1 is 0.943 bits per heavy atom. The second-order valence-electron chi connectivity index (χ2n) is 7.84. The normalized spacial score (nSPS) is 11.7. The highest BCUT2D eigenvalue weighted by Gasteiger charge is 2.23. The predicted molar refractivity (Wildman–Crippen MR) is 140 cm³/mol. The van der Waals surface area contributed by atoms with Gasteiger partial charge in [-0.05, 0) is 66.9 Å². The van der Waals surface area contributed by atoms with Crippen LogP contribution in [0.4, 0.5) is 17.1 Å². The van der Waals surface area contributed by atoms with Crippen LogP contribution in [0, 0.1) is 6.92 Å². The number of benzene rings is 3. The molecule has 0 saturated heterocycles. The topological polar surface area (TPSA) is 113 Å². The van der Waals surface area contributed by atoms with Crippen LogP contribution in [-0.4, -0.2) is 35.5 Å². The van der Waals surface area contributed by atoms with Crippen molar-refractivity contribution in [3.8, 4) is 0 Å². The summed E-state index contributed by atoms with van der Waals surface area (Å²) in [6.07, 6.45) is 1.64. The number of aryl methyl sites for hydroxylation is 1. The van der Waals surface area contributed by atoms with Crippen LogP contribution in [-0.2, 0) is 31.3 Å². The third-order valence-electron chi connectivity index (χ3n) is 5.29. The molecule has 0 spiro atoms. The maximum Gasteiger partial charge on any atom is 0.261 e. The number of hydrogen-bond acceptors (Lipinski definition) is 5. The third-order valence-corrected chi connectivity index (χ3v) is 8.21. The number of sulfonamides is 2. The lowest BCUT2D eigenvalue weighted by molar-refractivity contribution is -0.114. The van der Waals surface area contributed by atoms with E-state index in [0.29, 0.717) is 34.1 Å². The fourth-order valence-corrected chi connectivity index (χ4v) is 5.59. The van der Waals surface area contributed by atoms with Gasteiger partial charge in [0.15, 0.2) is 0 Å². The minimum Gasteiger partial charge on any atom is -0.325 e. The van der Waals surface area contributed by atoms with Crippen LogP contribution in [0.2, 0.25) is 5.02 Å². The van der Waals surface area contributed by atoms with E-state index in [9.17, 15) is 21.6 Å². The molecule has 0 radical (unpaired) electrons. The Morgan fingerprint density at radius 3 is 2.23 bits per heavy atom. The van der Waals surface area contributed by atoms with E-state index in [4.69, 9.17) is 11.6 Å². The van der Waals surface area contributed by atoms with E-state index in [1.54, 1.807) is 43.3 Å². The SMILES string of the molecule is CCc1ccccc1N(CC(=O)Nc1ccc(S(=O)(=O)Nc2cccc(Cl)c2C)cc1)S(C)(=O)=O. The van der Waals surface area contributed by atoms with Crippen molar-refractivity contribution in [1.82, 2.24) is 0 Å². The second-order valence-corrected chi connectivity index (χ2v) is 11.8. The van der Waals surface area contributed by atoms with Gasteiger partial charge in [0.05, 0.1) is 22.5 Å². The molecule has 186 valence electrons. The molecule has 0 unspecified atom stereocenters. The summed E-state index contributed by atoms with van der Waals surface area (Å²) in [5.74, 6) is -0.565. The van der Waals surface area contributed by atoms with Gasteiger partial charge in [-0.2, -0.15) is 0 Å². The lowest BCUT2D eigenvalue weighted by atomic mass is 10.1. The number of halogens is 1. The molecule has 0 fully saturated rings. The number of para-hydroxylation sites is 1. The van der Waals surface area contributed by atoms with E-state index >= 15 is 0 Å². The molecule has 3 aromatic rings. The molecule has 0 aliphatic heterocycles. The first-order valence-corrected chi connectivity index (χ1v) is 14.4. The first kappa shape index (κ1) is 26.5. The maximum absolute atomic E-state index is 12.8. The van der Waals surface area contributed by atoms with Gasteiger partial charge in [-0.1, -0.05) is 42.8 Å². The molecule has 2 N–H and O–H groups in total. The molecule has 0 aromatic heterocycles. The van der Waals surface area contributed by atoms with Crippen molar-refractivity contribution in [3.63, 3.8) is 0 Å². The van der Waals surface area contributed by atoms with Gasteiger partial charge in [-0.15, -0.1) is 0 Å². The van der Waals surface area contributed by atoms with Crippen molar-refractivity contribution in [2.75, 3.05) is 27.1 Å². The van der Waals surface area contributed by atoms with Gasteiger partial charge in [-0.25, -0.2) is 16.8 Å². The Labute approximate surface area is 211 Å². The summed E-state index contributed by atoms with van der Waals surface area (Å²) in [7, 11) is -7.61. The summed E-state index contributed by atoms with van der Waals surface area (Å²) >= 11 is 6.06. The molecule has 1 amide bonds. The molecule has 0 aliphatic rings. The Hall–Kier alpha value is -3.08. The van der Waals surface area contributed by atoms with Crippen LogP contribution in [0.1, 0.15) is 18.1 Å². The smallest absolute Gasteiger partial charge is 0.261 e. The van der Waals surface area contributed by atoms with Crippen molar-refractivity contribution in [1.29, 1.82) is 0 Å². The van der Waals surface area contributed by atoms with E-state index in [-0.39, 0.29) is 4.90 Å². The number of rotatable bonds is 9. The van der Waals surface area contributed by atoms with Gasteiger partial charge < -0.3 is 5.32 Å². The zero-order valence-electron chi connectivity index (χ0n) is 19.4. The van der Waals surface area contributed by atoms with Crippen molar-refractivity contribution >= 4 is 54.6 Å². The van der Waals surface area contributed by atoms with Gasteiger partial charge in [0.1, 0.15) is 6.54 Å². The Kier molecular flexibility index (Phi) is 8.09. The Morgan fingerprint density at radius 2 is 1.60 bits per heavy atom. The highest BCUT2D eigenvalue weighted by Crippen LogP contribution is 2.26. The number of anilines is 3.